The van der Waals surface area contributed by atoms with E-state index in [4.69, 9.17) is 4.74 Å². The Morgan fingerprint density at radius 3 is 2.80 bits per heavy atom. The van der Waals surface area contributed by atoms with Crippen LogP contribution >= 0.6 is 0 Å². The van der Waals surface area contributed by atoms with E-state index in [1.807, 2.05) is 0 Å². The lowest BCUT2D eigenvalue weighted by Gasteiger charge is -2.34. The number of rotatable bonds is 6. The minimum absolute atomic E-state index is 0.666. The summed E-state index contributed by atoms with van der Waals surface area (Å²) in [5.41, 5.74) is 0. The van der Waals surface area contributed by atoms with Crippen LogP contribution in [0.3, 0.4) is 0 Å². The number of hydrogen-bond acceptors (Lipinski definition) is 2. The predicted molar refractivity (Wildman–Crippen MR) is 65.1 cm³/mol. The zero-order chi connectivity index (χ0) is 11.1. The Morgan fingerprint density at radius 1 is 1.40 bits per heavy atom. The summed E-state index contributed by atoms with van der Waals surface area (Å²) in [4.78, 5) is 0. The van der Waals surface area contributed by atoms with Gasteiger partial charge in [-0.3, -0.25) is 0 Å². The minimum Gasteiger partial charge on any atom is -0.385 e. The van der Waals surface area contributed by atoms with Crippen molar-refractivity contribution in [2.24, 2.45) is 11.8 Å². The van der Waals surface area contributed by atoms with Gasteiger partial charge in [0, 0.05) is 19.8 Å². The molecule has 0 amide bonds. The van der Waals surface area contributed by atoms with Crippen molar-refractivity contribution < 1.29 is 4.74 Å². The van der Waals surface area contributed by atoms with E-state index in [1.165, 1.54) is 32.1 Å². The summed E-state index contributed by atoms with van der Waals surface area (Å²) in [5.74, 6) is 1.85. The van der Waals surface area contributed by atoms with Gasteiger partial charge in [-0.05, 0) is 38.1 Å². The van der Waals surface area contributed by atoms with Crippen LogP contribution in [0.25, 0.3) is 0 Å². The second kappa shape index (κ2) is 7.24. The Bertz CT molecular complexity index is 161. The first kappa shape index (κ1) is 13.0. The lowest BCUT2D eigenvalue weighted by atomic mass is 9.76. The van der Waals surface area contributed by atoms with E-state index in [-0.39, 0.29) is 0 Å². The molecule has 0 radical (unpaired) electrons. The van der Waals surface area contributed by atoms with Gasteiger partial charge in [0.15, 0.2) is 0 Å². The normalized spacial score (nSPS) is 29.0. The first-order valence-corrected chi connectivity index (χ1v) is 6.48. The lowest BCUT2D eigenvalue weighted by molar-refractivity contribution is 0.149. The van der Waals surface area contributed by atoms with Gasteiger partial charge >= 0.3 is 0 Å². The fraction of sp³-hybridized carbons (Fsp3) is 1.00. The molecule has 0 bridgehead atoms. The summed E-state index contributed by atoms with van der Waals surface area (Å²) >= 11 is 0. The van der Waals surface area contributed by atoms with Gasteiger partial charge in [-0.1, -0.05) is 26.2 Å². The third-order valence-electron chi connectivity index (χ3n) is 3.97. The molecule has 3 unspecified atom stereocenters. The minimum atomic E-state index is 0.666. The van der Waals surface area contributed by atoms with Gasteiger partial charge in [-0.15, -0.1) is 0 Å². The maximum Gasteiger partial charge on any atom is 0.0477 e. The molecule has 1 fully saturated rings. The monoisotopic (exact) mass is 213 g/mol. The number of methoxy groups -OCH3 is 1. The van der Waals surface area contributed by atoms with Gasteiger partial charge < -0.3 is 10.1 Å². The molecule has 1 saturated carbocycles. The van der Waals surface area contributed by atoms with E-state index in [2.05, 4.69) is 19.3 Å². The first-order valence-electron chi connectivity index (χ1n) is 6.48. The van der Waals surface area contributed by atoms with E-state index < -0.39 is 0 Å². The second-order valence-electron chi connectivity index (χ2n) is 4.88. The van der Waals surface area contributed by atoms with E-state index in [9.17, 15) is 0 Å². The molecule has 0 aromatic rings. The number of hydrogen-bond donors (Lipinski definition) is 1. The molecule has 0 aromatic heterocycles. The van der Waals surface area contributed by atoms with E-state index >= 15 is 0 Å². The highest BCUT2D eigenvalue weighted by Crippen LogP contribution is 2.33. The van der Waals surface area contributed by atoms with E-state index in [0.717, 1.165) is 24.9 Å². The Morgan fingerprint density at radius 2 is 2.20 bits per heavy atom. The van der Waals surface area contributed by atoms with Crippen LogP contribution in [0.2, 0.25) is 0 Å². The van der Waals surface area contributed by atoms with E-state index in [0.29, 0.717) is 6.04 Å². The molecule has 1 rings (SSSR count). The Hall–Kier alpha value is -0.0800. The van der Waals surface area contributed by atoms with Crippen molar-refractivity contribution in [3.05, 3.63) is 0 Å². The summed E-state index contributed by atoms with van der Waals surface area (Å²) in [6, 6.07) is 0.666. The molecule has 0 saturated heterocycles. The van der Waals surface area contributed by atoms with E-state index in [1.54, 1.807) is 7.11 Å². The summed E-state index contributed by atoms with van der Waals surface area (Å²) in [7, 11) is 3.89. The summed E-state index contributed by atoms with van der Waals surface area (Å²) in [5, 5.41) is 3.47. The number of nitrogens with one attached hydrogen (secondary N) is 1. The largest absolute Gasteiger partial charge is 0.385 e. The highest BCUT2D eigenvalue weighted by atomic mass is 16.5. The SMILES string of the molecule is CCC1CCCC(C(CCOC)NC)C1. The number of ether oxygens (including phenoxy) is 1. The van der Waals surface area contributed by atoms with Crippen molar-refractivity contribution in [2.45, 2.75) is 51.5 Å². The van der Waals surface area contributed by atoms with Crippen LogP contribution in [0.5, 0.6) is 0 Å². The molecule has 15 heavy (non-hydrogen) atoms. The van der Waals surface area contributed by atoms with Crippen molar-refractivity contribution in [3.63, 3.8) is 0 Å². The molecule has 0 aromatic carbocycles. The van der Waals surface area contributed by atoms with Crippen LogP contribution in [0.1, 0.15) is 45.4 Å². The van der Waals surface area contributed by atoms with Crippen LogP contribution < -0.4 is 5.32 Å². The quantitative estimate of drug-likeness (QED) is 0.732. The zero-order valence-electron chi connectivity index (χ0n) is 10.6. The fourth-order valence-corrected chi connectivity index (χ4v) is 2.93. The zero-order valence-corrected chi connectivity index (χ0v) is 10.6. The Kier molecular flexibility index (Phi) is 6.26. The van der Waals surface area contributed by atoms with Gasteiger partial charge in [0.25, 0.3) is 0 Å². The van der Waals surface area contributed by atoms with Crippen molar-refractivity contribution >= 4 is 0 Å². The molecule has 1 aliphatic carbocycles. The predicted octanol–water partition coefficient (Wildman–Crippen LogP) is 2.83. The molecular formula is C13H27NO. The van der Waals surface area contributed by atoms with Gasteiger partial charge in [-0.25, -0.2) is 0 Å². The molecule has 0 heterocycles. The van der Waals surface area contributed by atoms with Crippen LogP contribution in [0, 0.1) is 11.8 Å². The lowest BCUT2D eigenvalue weighted by Crippen LogP contribution is -2.37. The average Bonchev–Trinajstić information content (AvgIpc) is 2.30. The highest BCUT2D eigenvalue weighted by molar-refractivity contribution is 4.81. The fourth-order valence-electron chi connectivity index (χ4n) is 2.93. The molecule has 0 aliphatic heterocycles. The van der Waals surface area contributed by atoms with Gasteiger partial charge in [-0.2, -0.15) is 0 Å². The second-order valence-corrected chi connectivity index (χ2v) is 4.88. The van der Waals surface area contributed by atoms with Crippen molar-refractivity contribution in [1.82, 2.24) is 5.32 Å². The van der Waals surface area contributed by atoms with Gasteiger partial charge in [0.2, 0.25) is 0 Å². The summed E-state index contributed by atoms with van der Waals surface area (Å²) in [6.45, 7) is 3.22. The smallest absolute Gasteiger partial charge is 0.0477 e. The molecule has 2 heteroatoms. The molecule has 2 nitrogen and oxygen atoms in total. The Labute approximate surface area is 94.8 Å². The third kappa shape index (κ3) is 4.12. The topological polar surface area (TPSA) is 21.3 Å². The van der Waals surface area contributed by atoms with Gasteiger partial charge in [0.05, 0.1) is 0 Å². The summed E-state index contributed by atoms with van der Waals surface area (Å²) in [6.07, 6.45) is 8.23. The van der Waals surface area contributed by atoms with Crippen LogP contribution in [0.4, 0.5) is 0 Å². The standard InChI is InChI=1S/C13H27NO/c1-4-11-6-5-7-12(10-11)13(14-2)8-9-15-3/h11-14H,4-10H2,1-3H3. The third-order valence-corrected chi connectivity index (χ3v) is 3.97. The maximum absolute atomic E-state index is 5.18. The average molecular weight is 213 g/mol. The van der Waals surface area contributed by atoms with Crippen molar-refractivity contribution in [2.75, 3.05) is 20.8 Å². The molecule has 90 valence electrons. The molecule has 1 N–H and O–H groups in total. The van der Waals surface area contributed by atoms with Crippen LogP contribution in [-0.4, -0.2) is 26.8 Å². The van der Waals surface area contributed by atoms with Gasteiger partial charge in [0.1, 0.15) is 0 Å². The summed E-state index contributed by atoms with van der Waals surface area (Å²) < 4.78 is 5.18. The molecular weight excluding hydrogens is 186 g/mol. The Balaban J connectivity index is 2.37. The van der Waals surface area contributed by atoms with Crippen molar-refractivity contribution in [3.8, 4) is 0 Å². The van der Waals surface area contributed by atoms with Crippen LogP contribution in [-0.2, 0) is 4.74 Å². The molecule has 0 spiro atoms. The van der Waals surface area contributed by atoms with Crippen LogP contribution in [0.15, 0.2) is 0 Å². The highest BCUT2D eigenvalue weighted by Gasteiger charge is 2.26. The first-order chi connectivity index (χ1) is 7.31. The molecule has 3 atom stereocenters. The maximum atomic E-state index is 5.18. The van der Waals surface area contributed by atoms with Crippen molar-refractivity contribution in [1.29, 1.82) is 0 Å². The molecule has 1 aliphatic rings.